The normalized spacial score (nSPS) is 9.18. The zero-order valence-electron chi connectivity index (χ0n) is 5.94. The fourth-order valence-electron chi connectivity index (χ4n) is 0.702. The number of nitrogens with zero attached hydrogens (tertiary/aromatic N) is 1. The fourth-order valence-corrected chi connectivity index (χ4v) is 0.702. The number of hydrogen-bond donors (Lipinski definition) is 1. The second kappa shape index (κ2) is 3.01. The summed E-state index contributed by atoms with van der Waals surface area (Å²) in [5.41, 5.74) is 0.324. The average Bonchev–Trinajstić information content (AvgIpc) is 2.04. The molecule has 11 heavy (non-hydrogen) atoms. The van der Waals surface area contributed by atoms with Gasteiger partial charge in [-0.15, -0.1) is 0 Å². The van der Waals surface area contributed by atoms with Crippen molar-refractivity contribution in [3.8, 4) is 11.6 Å². The number of carbonyl (C=O) groups excluding carboxylic acids is 1. The highest BCUT2D eigenvalue weighted by molar-refractivity contribution is 5.78. The second-order valence-corrected chi connectivity index (χ2v) is 1.90. The van der Waals surface area contributed by atoms with Gasteiger partial charge in [-0.25, -0.2) is 4.98 Å². The maximum Gasteiger partial charge on any atom is 0.214 e. The highest BCUT2D eigenvalue weighted by Gasteiger charge is 2.02. The summed E-state index contributed by atoms with van der Waals surface area (Å²) < 4.78 is 4.79. The molecule has 1 aromatic rings. The van der Waals surface area contributed by atoms with Gasteiger partial charge in [-0.3, -0.25) is 4.79 Å². The molecule has 0 radical (unpaired) electrons. The summed E-state index contributed by atoms with van der Waals surface area (Å²) in [7, 11) is 1.42. The Bertz CT molecular complexity index is 272. The smallest absolute Gasteiger partial charge is 0.214 e. The lowest BCUT2D eigenvalue weighted by Crippen LogP contribution is -1.90. The molecule has 1 heterocycles. The third kappa shape index (κ3) is 1.46. The molecule has 0 amide bonds. The average molecular weight is 153 g/mol. The van der Waals surface area contributed by atoms with E-state index in [9.17, 15) is 4.79 Å². The van der Waals surface area contributed by atoms with E-state index in [1.54, 1.807) is 0 Å². The molecule has 0 saturated carbocycles. The van der Waals surface area contributed by atoms with E-state index in [1.807, 2.05) is 0 Å². The Kier molecular flexibility index (Phi) is 2.06. The van der Waals surface area contributed by atoms with Crippen molar-refractivity contribution in [2.75, 3.05) is 7.11 Å². The standard InChI is InChI=1S/C7H7NO3/c1-11-6-2-7(10)8-3-5(6)4-9/h2-4H,1H3,(H,8,10). The summed E-state index contributed by atoms with van der Waals surface area (Å²) in [5.74, 6) is 0.167. The van der Waals surface area contributed by atoms with Gasteiger partial charge < -0.3 is 9.84 Å². The first kappa shape index (κ1) is 7.53. The van der Waals surface area contributed by atoms with Crippen LogP contribution in [0.4, 0.5) is 0 Å². The molecular weight excluding hydrogens is 146 g/mol. The van der Waals surface area contributed by atoms with Crippen molar-refractivity contribution in [2.24, 2.45) is 0 Å². The minimum atomic E-state index is -0.160. The summed E-state index contributed by atoms with van der Waals surface area (Å²) in [5, 5.41) is 8.86. The van der Waals surface area contributed by atoms with Crippen LogP contribution in [0, 0.1) is 0 Å². The Morgan fingerprint density at radius 2 is 2.45 bits per heavy atom. The molecule has 0 atom stereocenters. The van der Waals surface area contributed by atoms with E-state index in [2.05, 4.69) is 4.98 Å². The van der Waals surface area contributed by atoms with Gasteiger partial charge in [0.15, 0.2) is 6.29 Å². The van der Waals surface area contributed by atoms with E-state index >= 15 is 0 Å². The molecule has 0 aliphatic carbocycles. The predicted octanol–water partition coefficient (Wildman–Crippen LogP) is 0.608. The van der Waals surface area contributed by atoms with Gasteiger partial charge in [-0.1, -0.05) is 0 Å². The number of rotatable bonds is 2. The van der Waals surface area contributed by atoms with Crippen molar-refractivity contribution < 1.29 is 14.6 Å². The molecule has 0 saturated heterocycles. The highest BCUT2D eigenvalue weighted by Crippen LogP contribution is 2.18. The molecule has 0 fully saturated rings. The van der Waals surface area contributed by atoms with Crippen molar-refractivity contribution >= 4 is 6.29 Å². The van der Waals surface area contributed by atoms with Crippen molar-refractivity contribution in [3.63, 3.8) is 0 Å². The molecule has 4 nitrogen and oxygen atoms in total. The van der Waals surface area contributed by atoms with Crippen molar-refractivity contribution in [1.29, 1.82) is 0 Å². The minimum absolute atomic E-state index is 0.160. The van der Waals surface area contributed by atoms with Gasteiger partial charge in [0.1, 0.15) is 5.75 Å². The maximum atomic E-state index is 10.3. The third-order valence-corrected chi connectivity index (χ3v) is 1.23. The van der Waals surface area contributed by atoms with E-state index in [1.165, 1.54) is 19.4 Å². The Morgan fingerprint density at radius 3 is 3.00 bits per heavy atom. The largest absolute Gasteiger partial charge is 0.496 e. The lowest BCUT2D eigenvalue weighted by atomic mass is 10.3. The van der Waals surface area contributed by atoms with Gasteiger partial charge in [-0.05, 0) is 0 Å². The summed E-state index contributed by atoms with van der Waals surface area (Å²) >= 11 is 0. The van der Waals surface area contributed by atoms with E-state index in [0.29, 0.717) is 17.6 Å². The number of aldehydes is 1. The van der Waals surface area contributed by atoms with E-state index in [-0.39, 0.29) is 5.88 Å². The van der Waals surface area contributed by atoms with Crippen molar-refractivity contribution in [2.45, 2.75) is 0 Å². The number of pyridine rings is 1. The molecule has 58 valence electrons. The second-order valence-electron chi connectivity index (χ2n) is 1.90. The van der Waals surface area contributed by atoms with E-state index in [0.717, 1.165) is 0 Å². The molecule has 0 aliphatic rings. The van der Waals surface area contributed by atoms with Crippen LogP contribution in [0.25, 0.3) is 0 Å². The highest BCUT2D eigenvalue weighted by atomic mass is 16.5. The first-order valence-corrected chi connectivity index (χ1v) is 2.96. The van der Waals surface area contributed by atoms with Gasteiger partial charge in [0, 0.05) is 12.3 Å². The SMILES string of the molecule is COc1cc(O)ncc1C=O. The molecule has 1 aromatic heterocycles. The lowest BCUT2D eigenvalue weighted by molar-refractivity contribution is 0.112. The quantitative estimate of drug-likeness (QED) is 0.632. The molecule has 1 rings (SSSR count). The first-order chi connectivity index (χ1) is 5.27. The topological polar surface area (TPSA) is 59.4 Å². The van der Waals surface area contributed by atoms with Crippen LogP contribution >= 0.6 is 0 Å². The van der Waals surface area contributed by atoms with Crippen LogP contribution in [0.15, 0.2) is 12.3 Å². The van der Waals surface area contributed by atoms with Gasteiger partial charge >= 0.3 is 0 Å². The maximum absolute atomic E-state index is 10.3. The van der Waals surface area contributed by atoms with Crippen molar-refractivity contribution in [3.05, 3.63) is 17.8 Å². The summed E-state index contributed by atoms with van der Waals surface area (Å²) in [4.78, 5) is 13.8. The van der Waals surface area contributed by atoms with Crippen LogP contribution in [0.2, 0.25) is 0 Å². The predicted molar refractivity (Wildman–Crippen MR) is 37.8 cm³/mol. The Labute approximate surface area is 63.5 Å². The number of aromatic hydroxyl groups is 1. The summed E-state index contributed by atoms with van der Waals surface area (Å²) in [6.45, 7) is 0. The van der Waals surface area contributed by atoms with E-state index in [4.69, 9.17) is 9.84 Å². The van der Waals surface area contributed by atoms with Crippen LogP contribution in [0.1, 0.15) is 10.4 Å². The van der Waals surface area contributed by atoms with E-state index < -0.39 is 0 Å². The van der Waals surface area contributed by atoms with Crippen LogP contribution < -0.4 is 4.74 Å². The Balaban J connectivity index is 3.16. The Hall–Kier alpha value is -1.58. The Morgan fingerprint density at radius 1 is 1.73 bits per heavy atom. The first-order valence-electron chi connectivity index (χ1n) is 2.96. The zero-order chi connectivity index (χ0) is 8.27. The fraction of sp³-hybridized carbons (Fsp3) is 0.143. The molecule has 1 N–H and O–H groups in total. The van der Waals surface area contributed by atoms with Crippen LogP contribution in [-0.4, -0.2) is 23.5 Å². The monoisotopic (exact) mass is 153 g/mol. The molecule has 0 unspecified atom stereocenters. The van der Waals surface area contributed by atoms with Crippen LogP contribution in [-0.2, 0) is 0 Å². The number of methoxy groups -OCH3 is 1. The van der Waals surface area contributed by atoms with Crippen LogP contribution in [0.3, 0.4) is 0 Å². The van der Waals surface area contributed by atoms with Gasteiger partial charge in [0.05, 0.1) is 12.7 Å². The van der Waals surface area contributed by atoms with Crippen LogP contribution in [0.5, 0.6) is 11.6 Å². The molecule has 4 heteroatoms. The number of ether oxygens (including phenoxy) is 1. The number of hydrogen-bond acceptors (Lipinski definition) is 4. The van der Waals surface area contributed by atoms with Gasteiger partial charge in [-0.2, -0.15) is 0 Å². The molecule has 0 bridgehead atoms. The number of carbonyl (C=O) groups is 1. The molecule has 0 aromatic carbocycles. The molecular formula is C7H7NO3. The zero-order valence-corrected chi connectivity index (χ0v) is 5.94. The molecule has 0 spiro atoms. The van der Waals surface area contributed by atoms with Crippen molar-refractivity contribution in [1.82, 2.24) is 4.98 Å². The van der Waals surface area contributed by atoms with Gasteiger partial charge in [0.2, 0.25) is 5.88 Å². The summed E-state index contributed by atoms with van der Waals surface area (Å²) in [6.07, 6.45) is 1.87. The minimum Gasteiger partial charge on any atom is -0.496 e. The number of aromatic nitrogens is 1. The summed E-state index contributed by atoms with van der Waals surface area (Å²) in [6, 6.07) is 1.28. The lowest BCUT2D eigenvalue weighted by Gasteiger charge is -2.01. The molecule has 0 aliphatic heterocycles. The van der Waals surface area contributed by atoms with Gasteiger partial charge in [0.25, 0.3) is 0 Å². The third-order valence-electron chi connectivity index (χ3n) is 1.23.